The van der Waals surface area contributed by atoms with Crippen molar-refractivity contribution in [3.8, 4) is 0 Å². The number of anilines is 2. The molecular weight excluding hydrogens is 400 g/mol. The minimum absolute atomic E-state index is 0.0761. The smallest absolute Gasteiger partial charge is 0.264 e. The van der Waals surface area contributed by atoms with Crippen molar-refractivity contribution in [1.82, 2.24) is 0 Å². The summed E-state index contributed by atoms with van der Waals surface area (Å²) in [6, 6.07) is 11.2. The van der Waals surface area contributed by atoms with Gasteiger partial charge in [0.05, 0.1) is 4.90 Å². The molecule has 0 heterocycles. The minimum Gasteiger partial charge on any atom is -0.326 e. The zero-order valence-electron chi connectivity index (χ0n) is 14.8. The quantitative estimate of drug-likeness (QED) is 0.375. The summed E-state index contributed by atoms with van der Waals surface area (Å²) in [5, 5.41) is 8.55. The molecule has 2 aromatic rings. The molecule has 2 amide bonds. The molecule has 148 valence electrons. The highest BCUT2D eigenvalue weighted by Crippen LogP contribution is 2.18. The van der Waals surface area contributed by atoms with Crippen molar-refractivity contribution >= 4 is 38.9 Å². The normalized spacial score (nSPS) is 10.2. The number of benzene rings is 2. The van der Waals surface area contributed by atoms with E-state index in [4.69, 9.17) is 11.1 Å². The predicted octanol–water partition coefficient (Wildman–Crippen LogP) is 3.98. The number of carbonyl (C=O) groups excluding carboxylic acids is 2. The summed E-state index contributed by atoms with van der Waals surface area (Å²) in [6.07, 6.45) is -0.172. The maximum Gasteiger partial charge on any atom is 0.264 e. The first-order valence-electron chi connectivity index (χ1n) is 8.00. The highest BCUT2D eigenvalue weighted by atomic mass is 32.2. The van der Waals surface area contributed by atoms with E-state index < -0.39 is 15.9 Å². The number of azide groups is 2. The molecule has 2 aromatic carbocycles. The van der Waals surface area contributed by atoms with E-state index in [0.29, 0.717) is 17.1 Å². The molecule has 0 aromatic heterocycles. The van der Waals surface area contributed by atoms with Crippen LogP contribution in [0.3, 0.4) is 0 Å². The molecule has 12 nitrogen and oxygen atoms in total. The number of amides is 2. The van der Waals surface area contributed by atoms with E-state index in [9.17, 15) is 18.0 Å². The van der Waals surface area contributed by atoms with E-state index in [1.165, 1.54) is 36.4 Å². The predicted molar refractivity (Wildman–Crippen MR) is 105 cm³/mol. The molecule has 0 aliphatic heterocycles. The van der Waals surface area contributed by atoms with Crippen LogP contribution in [0.4, 0.5) is 17.1 Å². The topological polar surface area (TPSA) is 190 Å². The van der Waals surface area contributed by atoms with Crippen molar-refractivity contribution in [1.29, 1.82) is 0 Å². The lowest BCUT2D eigenvalue weighted by atomic mass is 10.2. The molecule has 0 spiro atoms. The molecule has 0 saturated carbocycles. The van der Waals surface area contributed by atoms with Crippen LogP contribution in [0.5, 0.6) is 0 Å². The Morgan fingerprint density at radius 1 is 0.828 bits per heavy atom. The average Bonchev–Trinajstić information content (AvgIpc) is 2.68. The summed E-state index contributed by atoms with van der Waals surface area (Å²) in [5.74, 6) is -0.822. The Kier molecular flexibility index (Phi) is 7.15. The van der Waals surface area contributed by atoms with Gasteiger partial charge < -0.3 is 10.6 Å². The van der Waals surface area contributed by atoms with Gasteiger partial charge >= 0.3 is 0 Å². The molecule has 0 bridgehead atoms. The van der Waals surface area contributed by atoms with E-state index in [2.05, 4.69) is 30.1 Å². The molecule has 0 aliphatic rings. The third-order valence-electron chi connectivity index (χ3n) is 3.47. The van der Waals surface area contributed by atoms with Crippen LogP contribution in [-0.2, 0) is 19.6 Å². The van der Waals surface area contributed by atoms with Crippen LogP contribution in [0.15, 0.2) is 63.1 Å². The van der Waals surface area contributed by atoms with Gasteiger partial charge in [0.25, 0.3) is 10.0 Å². The number of rotatable bonds is 8. The van der Waals surface area contributed by atoms with Gasteiger partial charge in [-0.25, -0.2) is 8.42 Å². The van der Waals surface area contributed by atoms with Crippen LogP contribution in [0.2, 0.25) is 0 Å². The molecular formula is C16H14N8O4S. The second-order valence-electron chi connectivity index (χ2n) is 5.50. The molecule has 2 N–H and O–H groups in total. The van der Waals surface area contributed by atoms with Crippen LogP contribution in [0, 0.1) is 0 Å². The Balaban J connectivity index is 1.85. The van der Waals surface area contributed by atoms with Crippen LogP contribution in [-0.4, -0.2) is 20.2 Å². The Morgan fingerprint density at radius 2 is 1.31 bits per heavy atom. The van der Waals surface area contributed by atoms with E-state index in [-0.39, 0.29) is 23.6 Å². The van der Waals surface area contributed by atoms with Gasteiger partial charge in [0.2, 0.25) is 11.8 Å². The Morgan fingerprint density at radius 3 is 1.76 bits per heavy atom. The monoisotopic (exact) mass is 414 g/mol. The number of nitrogens with one attached hydrogen (secondary N) is 2. The standard InChI is InChI=1S/C16H14N8O4S/c17-22-21-13-3-1-11(2-4-13)19-15(25)9-10-16(26)20-12-5-7-14(8-6-12)29(27,28)24-23-18/h1-8H,9-10H2,(H,19,25)(H,20,26). The van der Waals surface area contributed by atoms with Crippen molar-refractivity contribution in [3.05, 3.63) is 69.4 Å². The van der Waals surface area contributed by atoms with Crippen LogP contribution < -0.4 is 10.6 Å². The summed E-state index contributed by atoms with van der Waals surface area (Å²) < 4.78 is 25.9. The SMILES string of the molecule is [N-]=[N+]=Nc1ccc(NC(=O)CCC(=O)Nc2ccc(S(=O)(=O)N=[N+]=[N-])cc2)cc1. The molecule has 0 fully saturated rings. The first-order valence-corrected chi connectivity index (χ1v) is 9.44. The zero-order chi connectivity index (χ0) is 21.3. The molecule has 29 heavy (non-hydrogen) atoms. The molecule has 0 aliphatic carbocycles. The fraction of sp³-hybridized carbons (Fsp3) is 0.125. The number of nitrogens with zero attached hydrogens (tertiary/aromatic N) is 6. The lowest BCUT2D eigenvalue weighted by Crippen LogP contribution is -2.17. The van der Waals surface area contributed by atoms with Gasteiger partial charge in [-0.1, -0.05) is 17.2 Å². The van der Waals surface area contributed by atoms with Gasteiger partial charge in [0.15, 0.2) is 0 Å². The highest BCUT2D eigenvalue weighted by molar-refractivity contribution is 7.90. The van der Waals surface area contributed by atoms with Crippen molar-refractivity contribution in [2.45, 2.75) is 17.7 Å². The summed E-state index contributed by atoms with van der Waals surface area (Å²) in [5.41, 5.74) is 17.8. The molecule has 0 saturated heterocycles. The number of hydrogen-bond donors (Lipinski definition) is 2. The van der Waals surface area contributed by atoms with Gasteiger partial charge in [-0.3, -0.25) is 9.59 Å². The van der Waals surface area contributed by atoms with Crippen molar-refractivity contribution < 1.29 is 18.0 Å². The van der Waals surface area contributed by atoms with Crippen LogP contribution in [0.1, 0.15) is 12.8 Å². The fourth-order valence-corrected chi connectivity index (χ4v) is 2.81. The summed E-state index contributed by atoms with van der Waals surface area (Å²) >= 11 is 0. The Hall–Kier alpha value is -4.05. The maximum atomic E-state index is 11.9. The van der Waals surface area contributed by atoms with Crippen molar-refractivity contribution in [2.24, 2.45) is 9.63 Å². The lowest BCUT2D eigenvalue weighted by molar-refractivity contribution is -0.121. The van der Waals surface area contributed by atoms with E-state index in [1.807, 2.05) is 0 Å². The first-order chi connectivity index (χ1) is 13.8. The molecule has 0 radical (unpaired) electrons. The van der Waals surface area contributed by atoms with E-state index in [1.54, 1.807) is 12.1 Å². The fourth-order valence-electron chi connectivity index (χ4n) is 2.14. The minimum atomic E-state index is -4.09. The summed E-state index contributed by atoms with van der Waals surface area (Å²) in [4.78, 5) is 28.6. The van der Waals surface area contributed by atoms with Gasteiger partial charge in [-0.15, -0.1) is 0 Å². The zero-order valence-corrected chi connectivity index (χ0v) is 15.6. The third kappa shape index (κ3) is 6.56. The largest absolute Gasteiger partial charge is 0.326 e. The van der Waals surface area contributed by atoms with Gasteiger partial charge in [-0.05, 0) is 47.5 Å². The summed E-state index contributed by atoms with van der Waals surface area (Å²) in [7, 11) is -4.09. The van der Waals surface area contributed by atoms with Gasteiger partial charge in [0.1, 0.15) is 0 Å². The van der Waals surface area contributed by atoms with Gasteiger partial charge in [-0.2, -0.15) is 0 Å². The summed E-state index contributed by atoms with van der Waals surface area (Å²) in [6.45, 7) is 0. The number of carbonyl (C=O) groups is 2. The van der Waals surface area contributed by atoms with Crippen molar-refractivity contribution in [2.75, 3.05) is 10.6 Å². The Labute approximate surface area is 164 Å². The second-order valence-corrected chi connectivity index (χ2v) is 7.09. The second kappa shape index (κ2) is 9.76. The van der Waals surface area contributed by atoms with Crippen LogP contribution in [0.25, 0.3) is 20.9 Å². The third-order valence-corrected chi connectivity index (χ3v) is 4.63. The Bertz CT molecular complexity index is 1100. The first kappa shape index (κ1) is 21.3. The van der Waals surface area contributed by atoms with E-state index in [0.717, 1.165) is 0 Å². The lowest BCUT2D eigenvalue weighted by Gasteiger charge is -2.07. The van der Waals surface area contributed by atoms with Crippen molar-refractivity contribution in [3.63, 3.8) is 0 Å². The average molecular weight is 414 g/mol. The highest BCUT2D eigenvalue weighted by Gasteiger charge is 2.12. The number of sulfonamides is 1. The molecule has 0 unspecified atom stereocenters. The number of hydrogen-bond acceptors (Lipinski definition) is 5. The van der Waals surface area contributed by atoms with E-state index >= 15 is 0 Å². The maximum absolute atomic E-state index is 11.9. The molecule has 13 heteroatoms. The molecule has 2 rings (SSSR count). The van der Waals surface area contributed by atoms with Gasteiger partial charge in [0, 0.05) is 44.2 Å². The van der Waals surface area contributed by atoms with Crippen LogP contribution >= 0.6 is 0 Å². The molecule has 0 atom stereocenters.